The van der Waals surface area contributed by atoms with Gasteiger partial charge in [0.25, 0.3) is 0 Å². The Hall–Kier alpha value is -3.03. The maximum absolute atomic E-state index is 11.0. The van der Waals surface area contributed by atoms with Gasteiger partial charge in [0.2, 0.25) is 11.5 Å². The molecule has 1 aromatic carbocycles. The van der Waals surface area contributed by atoms with Crippen molar-refractivity contribution in [2.45, 2.75) is 6.92 Å². The van der Waals surface area contributed by atoms with Crippen molar-refractivity contribution < 1.29 is 23.7 Å². The molecular formula is C15H16N2O6. The van der Waals surface area contributed by atoms with Crippen LogP contribution >= 0.6 is 0 Å². The van der Waals surface area contributed by atoms with Crippen molar-refractivity contribution in [3.8, 4) is 17.2 Å². The number of aromatic nitrogens is 1. The van der Waals surface area contributed by atoms with Gasteiger partial charge in [0.15, 0.2) is 17.2 Å². The Morgan fingerprint density at radius 1 is 1.13 bits per heavy atom. The van der Waals surface area contributed by atoms with Crippen LogP contribution in [0.1, 0.15) is 17.0 Å². The number of aryl methyl sites for hydroxylation is 1. The molecule has 0 aliphatic heterocycles. The molecule has 0 atom stereocenters. The molecular weight excluding hydrogens is 304 g/mol. The molecule has 122 valence electrons. The minimum absolute atomic E-state index is 0.129. The fourth-order valence-electron chi connectivity index (χ4n) is 2.14. The van der Waals surface area contributed by atoms with E-state index >= 15 is 0 Å². The molecule has 8 nitrogen and oxygen atoms in total. The fraction of sp³-hybridized carbons (Fsp3) is 0.267. The second-order valence-corrected chi connectivity index (χ2v) is 4.49. The molecule has 0 spiro atoms. The Morgan fingerprint density at radius 2 is 1.83 bits per heavy atom. The summed E-state index contributed by atoms with van der Waals surface area (Å²) in [5.41, 5.74) is 0.616. The largest absolute Gasteiger partial charge is 0.493 e. The number of nitrogens with zero attached hydrogens (tertiary/aromatic N) is 2. The Bertz CT molecular complexity index is 751. The van der Waals surface area contributed by atoms with E-state index in [1.807, 2.05) is 0 Å². The van der Waals surface area contributed by atoms with E-state index < -0.39 is 4.92 Å². The van der Waals surface area contributed by atoms with Gasteiger partial charge in [0.1, 0.15) is 0 Å². The van der Waals surface area contributed by atoms with E-state index in [9.17, 15) is 10.1 Å². The van der Waals surface area contributed by atoms with Crippen molar-refractivity contribution >= 4 is 17.8 Å². The van der Waals surface area contributed by atoms with E-state index in [2.05, 4.69) is 5.16 Å². The maximum Gasteiger partial charge on any atom is 0.338 e. The van der Waals surface area contributed by atoms with Crippen molar-refractivity contribution in [2.75, 3.05) is 21.3 Å². The Balaban J connectivity index is 2.46. The number of nitro groups is 1. The molecule has 0 saturated heterocycles. The second kappa shape index (κ2) is 6.82. The van der Waals surface area contributed by atoms with Crippen LogP contribution in [0.4, 0.5) is 5.69 Å². The third-order valence-electron chi connectivity index (χ3n) is 3.19. The number of ether oxygens (including phenoxy) is 3. The molecule has 0 radical (unpaired) electrons. The first-order valence-electron chi connectivity index (χ1n) is 6.61. The lowest BCUT2D eigenvalue weighted by Crippen LogP contribution is -1.96. The average Bonchev–Trinajstić information content (AvgIpc) is 2.92. The van der Waals surface area contributed by atoms with E-state index in [1.54, 1.807) is 18.2 Å². The van der Waals surface area contributed by atoms with Crippen LogP contribution in [0.5, 0.6) is 17.2 Å². The van der Waals surface area contributed by atoms with Crippen LogP contribution in [0.3, 0.4) is 0 Å². The predicted molar refractivity (Wildman–Crippen MR) is 82.9 cm³/mol. The highest BCUT2D eigenvalue weighted by Gasteiger charge is 2.22. The van der Waals surface area contributed by atoms with Gasteiger partial charge in [0, 0.05) is 12.5 Å². The van der Waals surface area contributed by atoms with Crippen LogP contribution in [-0.2, 0) is 0 Å². The lowest BCUT2D eigenvalue weighted by Gasteiger charge is -2.13. The smallest absolute Gasteiger partial charge is 0.338 e. The SMILES string of the molecule is COc1ccc(C=Cc2noc(C)c2[N+](=O)[O-])c(OC)c1OC. The van der Waals surface area contributed by atoms with E-state index in [0.29, 0.717) is 22.8 Å². The summed E-state index contributed by atoms with van der Waals surface area (Å²) in [4.78, 5) is 10.5. The van der Waals surface area contributed by atoms with Crippen LogP contribution in [0.2, 0.25) is 0 Å². The minimum Gasteiger partial charge on any atom is -0.493 e. The molecule has 0 aliphatic rings. The molecule has 0 fully saturated rings. The predicted octanol–water partition coefficient (Wildman–Crippen LogP) is 3.09. The van der Waals surface area contributed by atoms with E-state index in [-0.39, 0.29) is 17.1 Å². The number of hydrogen-bond acceptors (Lipinski definition) is 7. The quantitative estimate of drug-likeness (QED) is 0.596. The summed E-state index contributed by atoms with van der Waals surface area (Å²) in [6, 6.07) is 3.46. The lowest BCUT2D eigenvalue weighted by molar-refractivity contribution is -0.386. The molecule has 0 N–H and O–H groups in total. The zero-order chi connectivity index (χ0) is 17.0. The topological polar surface area (TPSA) is 96.9 Å². The van der Waals surface area contributed by atoms with Crippen molar-refractivity contribution in [3.05, 3.63) is 39.3 Å². The molecule has 0 amide bonds. The molecule has 0 saturated carbocycles. The van der Waals surface area contributed by atoms with Crippen molar-refractivity contribution in [2.24, 2.45) is 0 Å². The zero-order valence-electron chi connectivity index (χ0n) is 13.2. The monoisotopic (exact) mass is 320 g/mol. The van der Waals surface area contributed by atoms with Crippen molar-refractivity contribution in [1.29, 1.82) is 0 Å². The third kappa shape index (κ3) is 3.10. The fourth-order valence-corrected chi connectivity index (χ4v) is 2.14. The van der Waals surface area contributed by atoms with Crippen molar-refractivity contribution in [3.63, 3.8) is 0 Å². The van der Waals surface area contributed by atoms with Gasteiger partial charge >= 0.3 is 5.69 Å². The normalized spacial score (nSPS) is 10.8. The molecule has 0 bridgehead atoms. The number of methoxy groups -OCH3 is 3. The summed E-state index contributed by atoms with van der Waals surface area (Å²) in [6.07, 6.45) is 3.11. The highest BCUT2D eigenvalue weighted by atomic mass is 16.6. The summed E-state index contributed by atoms with van der Waals surface area (Å²) in [6.45, 7) is 1.49. The van der Waals surface area contributed by atoms with Crippen LogP contribution in [0.25, 0.3) is 12.2 Å². The van der Waals surface area contributed by atoms with Gasteiger partial charge in [-0.1, -0.05) is 5.16 Å². The minimum atomic E-state index is -0.530. The second-order valence-electron chi connectivity index (χ2n) is 4.49. The molecule has 0 unspecified atom stereocenters. The van der Waals surface area contributed by atoms with Gasteiger partial charge in [-0.2, -0.15) is 0 Å². The van der Waals surface area contributed by atoms with Gasteiger partial charge in [-0.25, -0.2) is 0 Å². The van der Waals surface area contributed by atoms with Gasteiger partial charge in [0.05, 0.1) is 26.3 Å². The Kier molecular flexibility index (Phi) is 4.85. The summed E-state index contributed by atoms with van der Waals surface area (Å²) < 4.78 is 20.7. The third-order valence-corrected chi connectivity index (χ3v) is 3.19. The first-order chi connectivity index (χ1) is 11.0. The highest BCUT2D eigenvalue weighted by molar-refractivity contribution is 5.77. The summed E-state index contributed by atoms with van der Waals surface area (Å²) in [7, 11) is 4.52. The zero-order valence-corrected chi connectivity index (χ0v) is 13.2. The Morgan fingerprint density at radius 3 is 2.39 bits per heavy atom. The maximum atomic E-state index is 11.0. The average molecular weight is 320 g/mol. The first-order valence-corrected chi connectivity index (χ1v) is 6.61. The summed E-state index contributed by atoms with van der Waals surface area (Å²) >= 11 is 0. The molecule has 23 heavy (non-hydrogen) atoms. The van der Waals surface area contributed by atoms with Crippen molar-refractivity contribution in [1.82, 2.24) is 5.16 Å². The van der Waals surface area contributed by atoms with Gasteiger partial charge in [-0.3, -0.25) is 10.1 Å². The van der Waals surface area contributed by atoms with Gasteiger partial charge < -0.3 is 18.7 Å². The highest BCUT2D eigenvalue weighted by Crippen LogP contribution is 2.40. The molecule has 1 heterocycles. The van der Waals surface area contributed by atoms with Gasteiger partial charge in [-0.05, 0) is 24.3 Å². The van der Waals surface area contributed by atoms with Crippen LogP contribution < -0.4 is 14.2 Å². The van der Waals surface area contributed by atoms with E-state index in [4.69, 9.17) is 18.7 Å². The van der Waals surface area contributed by atoms with Crippen LogP contribution in [0, 0.1) is 17.0 Å². The molecule has 0 aliphatic carbocycles. The molecule has 2 rings (SSSR count). The number of benzene rings is 1. The standard InChI is InChI=1S/C15H16N2O6/c1-9-13(17(18)19)11(16-23-9)7-5-10-6-8-12(20-2)15(22-4)14(10)21-3/h5-8H,1-4H3. The molecule has 1 aromatic heterocycles. The van der Waals surface area contributed by atoms with Crippen LogP contribution in [0.15, 0.2) is 16.7 Å². The lowest BCUT2D eigenvalue weighted by atomic mass is 10.1. The summed E-state index contributed by atoms with van der Waals surface area (Å²) in [5, 5.41) is 14.7. The summed E-state index contributed by atoms with van der Waals surface area (Å²) in [5.74, 6) is 1.55. The molecule has 8 heteroatoms. The van der Waals surface area contributed by atoms with Crippen LogP contribution in [-0.4, -0.2) is 31.4 Å². The van der Waals surface area contributed by atoms with Gasteiger partial charge in [-0.15, -0.1) is 0 Å². The molecule has 2 aromatic rings. The number of hydrogen-bond donors (Lipinski definition) is 0. The van der Waals surface area contributed by atoms with E-state index in [1.165, 1.54) is 34.3 Å². The van der Waals surface area contributed by atoms with E-state index in [0.717, 1.165) is 0 Å². The Labute approximate surface area is 132 Å². The number of rotatable bonds is 6. The first kappa shape index (κ1) is 16.3.